The van der Waals surface area contributed by atoms with Crippen molar-refractivity contribution in [2.24, 2.45) is 5.73 Å². The summed E-state index contributed by atoms with van der Waals surface area (Å²) in [5, 5.41) is 3.38. The molecule has 1 aromatic carbocycles. The van der Waals surface area contributed by atoms with Crippen molar-refractivity contribution in [3.05, 3.63) is 35.4 Å². The Hall–Kier alpha value is -1.00. The van der Waals surface area contributed by atoms with Crippen LogP contribution < -0.4 is 11.1 Å². The van der Waals surface area contributed by atoms with Gasteiger partial charge in [0.2, 0.25) is 0 Å². The first-order chi connectivity index (χ1) is 8.66. The third-order valence-corrected chi connectivity index (χ3v) is 3.64. The zero-order valence-electron chi connectivity index (χ0n) is 10.5. The number of hydrogen-bond acceptors (Lipinski definition) is 2. The number of halogens is 2. The highest BCUT2D eigenvalue weighted by molar-refractivity contribution is 5.18. The topological polar surface area (TPSA) is 38.0 Å². The molecule has 0 bridgehead atoms. The van der Waals surface area contributed by atoms with E-state index in [1.807, 2.05) is 0 Å². The standard InChI is InChI=1S/C14H20F2N2/c15-11-6-5-10(12(16)9-11)7-8-18-14-4-2-1-3-13(14)17/h5-6,9,13-14,18H,1-4,7-8,17H2. The van der Waals surface area contributed by atoms with Gasteiger partial charge in [-0.15, -0.1) is 0 Å². The quantitative estimate of drug-likeness (QED) is 0.865. The summed E-state index contributed by atoms with van der Waals surface area (Å²) in [6, 6.07) is 4.28. The highest BCUT2D eigenvalue weighted by Crippen LogP contribution is 2.17. The summed E-state index contributed by atoms with van der Waals surface area (Å²) in [5.74, 6) is -0.997. The second-order valence-electron chi connectivity index (χ2n) is 4.99. The molecule has 2 rings (SSSR count). The Balaban J connectivity index is 1.81. The molecule has 1 aliphatic rings. The molecule has 4 heteroatoms. The van der Waals surface area contributed by atoms with Crippen molar-refractivity contribution in [1.82, 2.24) is 5.32 Å². The Labute approximate surface area is 107 Å². The van der Waals surface area contributed by atoms with E-state index in [9.17, 15) is 8.78 Å². The minimum atomic E-state index is -0.529. The van der Waals surface area contributed by atoms with Gasteiger partial charge in [-0.1, -0.05) is 18.9 Å². The summed E-state index contributed by atoms with van der Waals surface area (Å²) in [4.78, 5) is 0. The van der Waals surface area contributed by atoms with Gasteiger partial charge in [0.15, 0.2) is 0 Å². The van der Waals surface area contributed by atoms with Crippen LogP contribution in [0.1, 0.15) is 31.2 Å². The number of nitrogens with one attached hydrogen (secondary N) is 1. The highest BCUT2D eigenvalue weighted by Gasteiger charge is 2.20. The molecule has 18 heavy (non-hydrogen) atoms. The van der Waals surface area contributed by atoms with Crippen LogP contribution in [0.5, 0.6) is 0 Å². The van der Waals surface area contributed by atoms with Crippen molar-refractivity contribution in [2.45, 2.75) is 44.2 Å². The van der Waals surface area contributed by atoms with Crippen LogP contribution in [0.25, 0.3) is 0 Å². The fourth-order valence-corrected chi connectivity index (χ4v) is 2.53. The van der Waals surface area contributed by atoms with E-state index in [1.54, 1.807) is 0 Å². The molecule has 1 aliphatic carbocycles. The number of hydrogen-bond donors (Lipinski definition) is 2. The monoisotopic (exact) mass is 254 g/mol. The molecule has 100 valence electrons. The molecule has 0 amide bonds. The third kappa shape index (κ3) is 3.50. The first-order valence-electron chi connectivity index (χ1n) is 6.59. The molecule has 0 aromatic heterocycles. The van der Waals surface area contributed by atoms with Crippen LogP contribution in [-0.4, -0.2) is 18.6 Å². The van der Waals surface area contributed by atoms with Crippen molar-refractivity contribution in [1.29, 1.82) is 0 Å². The van der Waals surface area contributed by atoms with E-state index in [-0.39, 0.29) is 6.04 Å². The highest BCUT2D eigenvalue weighted by atomic mass is 19.1. The fourth-order valence-electron chi connectivity index (χ4n) is 2.53. The Bertz CT molecular complexity index is 395. The normalized spacial score (nSPS) is 24.2. The van der Waals surface area contributed by atoms with Crippen molar-refractivity contribution in [2.75, 3.05) is 6.54 Å². The summed E-state index contributed by atoms with van der Waals surface area (Å²) >= 11 is 0. The Morgan fingerprint density at radius 2 is 2.00 bits per heavy atom. The smallest absolute Gasteiger partial charge is 0.129 e. The molecular weight excluding hydrogens is 234 g/mol. The zero-order chi connectivity index (χ0) is 13.0. The zero-order valence-corrected chi connectivity index (χ0v) is 10.5. The molecule has 0 radical (unpaired) electrons. The molecule has 2 unspecified atom stereocenters. The SMILES string of the molecule is NC1CCCCC1NCCc1ccc(F)cc1F. The number of nitrogens with two attached hydrogens (primary N) is 1. The van der Waals surface area contributed by atoms with Gasteiger partial charge in [-0.2, -0.15) is 0 Å². The van der Waals surface area contributed by atoms with Crippen LogP contribution in [0.2, 0.25) is 0 Å². The maximum Gasteiger partial charge on any atom is 0.129 e. The molecular formula is C14H20F2N2. The Kier molecular flexibility index (Phi) is 4.66. The molecule has 0 spiro atoms. The average Bonchev–Trinajstić information content (AvgIpc) is 2.34. The van der Waals surface area contributed by atoms with Crippen molar-refractivity contribution in [3.8, 4) is 0 Å². The second kappa shape index (κ2) is 6.25. The Morgan fingerprint density at radius 3 is 2.72 bits per heavy atom. The van der Waals surface area contributed by atoms with Crippen LogP contribution in [0, 0.1) is 11.6 Å². The lowest BCUT2D eigenvalue weighted by atomic mass is 9.91. The van der Waals surface area contributed by atoms with Crippen molar-refractivity contribution < 1.29 is 8.78 Å². The van der Waals surface area contributed by atoms with Crippen LogP contribution in [-0.2, 0) is 6.42 Å². The predicted molar refractivity (Wildman–Crippen MR) is 68.3 cm³/mol. The van der Waals surface area contributed by atoms with Gasteiger partial charge < -0.3 is 11.1 Å². The molecule has 1 fully saturated rings. The second-order valence-corrected chi connectivity index (χ2v) is 4.99. The Morgan fingerprint density at radius 1 is 1.22 bits per heavy atom. The third-order valence-electron chi connectivity index (χ3n) is 3.64. The van der Waals surface area contributed by atoms with E-state index in [1.165, 1.54) is 25.0 Å². The maximum absolute atomic E-state index is 13.4. The van der Waals surface area contributed by atoms with Crippen LogP contribution >= 0.6 is 0 Å². The molecule has 3 N–H and O–H groups in total. The molecule has 1 saturated carbocycles. The lowest BCUT2D eigenvalue weighted by Gasteiger charge is -2.29. The molecule has 0 heterocycles. The van der Waals surface area contributed by atoms with E-state index in [2.05, 4.69) is 5.32 Å². The summed E-state index contributed by atoms with van der Waals surface area (Å²) in [6.07, 6.45) is 5.12. The van der Waals surface area contributed by atoms with E-state index in [0.29, 0.717) is 24.6 Å². The molecule has 0 aliphatic heterocycles. The van der Waals surface area contributed by atoms with Crippen LogP contribution in [0.3, 0.4) is 0 Å². The average molecular weight is 254 g/mol. The van der Waals surface area contributed by atoms with E-state index in [4.69, 9.17) is 5.73 Å². The molecule has 2 atom stereocenters. The number of benzene rings is 1. The van der Waals surface area contributed by atoms with E-state index < -0.39 is 11.6 Å². The van der Waals surface area contributed by atoms with Gasteiger partial charge in [-0.05, 0) is 37.4 Å². The van der Waals surface area contributed by atoms with Gasteiger partial charge >= 0.3 is 0 Å². The molecule has 0 saturated heterocycles. The van der Waals surface area contributed by atoms with Gasteiger partial charge in [0, 0.05) is 18.2 Å². The van der Waals surface area contributed by atoms with Gasteiger partial charge in [-0.25, -0.2) is 8.78 Å². The van der Waals surface area contributed by atoms with E-state index in [0.717, 1.165) is 18.9 Å². The molecule has 1 aromatic rings. The first-order valence-corrected chi connectivity index (χ1v) is 6.59. The maximum atomic E-state index is 13.4. The van der Waals surface area contributed by atoms with Gasteiger partial charge in [0.1, 0.15) is 11.6 Å². The first kappa shape index (κ1) is 13.4. The minimum absolute atomic E-state index is 0.205. The van der Waals surface area contributed by atoms with Crippen LogP contribution in [0.4, 0.5) is 8.78 Å². The summed E-state index contributed by atoms with van der Waals surface area (Å²) in [5.41, 5.74) is 6.57. The summed E-state index contributed by atoms with van der Waals surface area (Å²) < 4.78 is 26.1. The van der Waals surface area contributed by atoms with Crippen molar-refractivity contribution in [3.63, 3.8) is 0 Å². The van der Waals surface area contributed by atoms with Gasteiger partial charge in [0.05, 0.1) is 0 Å². The lowest BCUT2D eigenvalue weighted by Crippen LogP contribution is -2.47. The fraction of sp³-hybridized carbons (Fsp3) is 0.571. The molecule has 2 nitrogen and oxygen atoms in total. The van der Waals surface area contributed by atoms with Gasteiger partial charge in [-0.3, -0.25) is 0 Å². The summed E-state index contributed by atoms with van der Waals surface area (Å²) in [7, 11) is 0. The minimum Gasteiger partial charge on any atom is -0.326 e. The van der Waals surface area contributed by atoms with Crippen LogP contribution in [0.15, 0.2) is 18.2 Å². The number of rotatable bonds is 4. The van der Waals surface area contributed by atoms with E-state index >= 15 is 0 Å². The van der Waals surface area contributed by atoms with Gasteiger partial charge in [0.25, 0.3) is 0 Å². The lowest BCUT2D eigenvalue weighted by molar-refractivity contribution is 0.329. The largest absolute Gasteiger partial charge is 0.326 e. The summed E-state index contributed by atoms with van der Waals surface area (Å²) in [6.45, 7) is 0.681. The predicted octanol–water partition coefficient (Wildman–Crippen LogP) is 2.37. The van der Waals surface area contributed by atoms with Crippen molar-refractivity contribution >= 4 is 0 Å².